The van der Waals surface area contributed by atoms with Crippen LogP contribution in [-0.4, -0.2) is 5.88 Å². The van der Waals surface area contributed by atoms with Crippen molar-refractivity contribution in [2.24, 2.45) is 5.92 Å². The van der Waals surface area contributed by atoms with Crippen molar-refractivity contribution < 1.29 is 0 Å². The largest absolute Gasteiger partial charge is 0.358 e. The number of benzene rings is 1. The molecule has 0 saturated carbocycles. The topological polar surface area (TPSA) is 12.0 Å². The first kappa shape index (κ1) is 14.5. The third-order valence-electron chi connectivity index (χ3n) is 4.28. The van der Waals surface area contributed by atoms with Crippen LogP contribution in [0.1, 0.15) is 37.7 Å². The normalized spacial score (nSPS) is 21.9. The second kappa shape index (κ2) is 6.53. The molecule has 1 heterocycles. The number of fused-ring (bicyclic) bond motifs is 1. The summed E-state index contributed by atoms with van der Waals surface area (Å²) in [6.45, 7) is 2.22. The molecule has 3 rings (SSSR count). The Morgan fingerprint density at radius 3 is 3.00 bits per heavy atom. The lowest BCUT2D eigenvalue weighted by Gasteiger charge is -2.25. The Kier molecular flexibility index (Phi) is 4.50. The summed E-state index contributed by atoms with van der Waals surface area (Å²) in [6, 6.07) is 8.67. The summed E-state index contributed by atoms with van der Waals surface area (Å²) >= 11 is 6.02. The second-order valence-corrected chi connectivity index (χ2v) is 6.36. The fourth-order valence-corrected chi connectivity index (χ4v) is 3.22. The molecule has 1 aromatic carbocycles. The lowest BCUT2D eigenvalue weighted by Crippen LogP contribution is -2.12. The van der Waals surface area contributed by atoms with Gasteiger partial charge in [0.1, 0.15) is 0 Å². The monoisotopic (exact) mass is 299 g/mol. The Bertz CT molecular complexity index is 597. The van der Waals surface area contributed by atoms with Crippen LogP contribution in [0.2, 0.25) is 0 Å². The van der Waals surface area contributed by atoms with Crippen LogP contribution in [0.3, 0.4) is 0 Å². The lowest BCUT2D eigenvalue weighted by atomic mass is 9.86. The highest BCUT2D eigenvalue weighted by Crippen LogP contribution is 2.35. The summed E-state index contributed by atoms with van der Waals surface area (Å²) in [5.41, 5.74) is 5.28. The van der Waals surface area contributed by atoms with Gasteiger partial charge in [-0.25, -0.2) is 0 Å². The molecule has 2 unspecified atom stereocenters. The fourth-order valence-electron chi connectivity index (χ4n) is 3.10. The number of rotatable bonds is 3. The van der Waals surface area contributed by atoms with Gasteiger partial charge in [0.2, 0.25) is 0 Å². The SMILES string of the molecule is CC(CCl)CC1C=CC2=C(CCC=C2)Nc2ccccc21. The van der Waals surface area contributed by atoms with Crippen LogP contribution in [-0.2, 0) is 0 Å². The zero-order valence-corrected chi connectivity index (χ0v) is 13.2. The van der Waals surface area contributed by atoms with Gasteiger partial charge in [0, 0.05) is 23.2 Å². The van der Waals surface area contributed by atoms with Gasteiger partial charge in [0.25, 0.3) is 0 Å². The van der Waals surface area contributed by atoms with E-state index in [0.29, 0.717) is 17.7 Å². The van der Waals surface area contributed by atoms with Gasteiger partial charge in [-0.15, -0.1) is 11.6 Å². The number of halogens is 1. The number of allylic oxidation sites excluding steroid dienone is 6. The molecule has 0 aromatic heterocycles. The van der Waals surface area contributed by atoms with Crippen LogP contribution in [0.25, 0.3) is 0 Å². The first-order valence-electron chi connectivity index (χ1n) is 7.77. The molecule has 0 bridgehead atoms. The van der Waals surface area contributed by atoms with Gasteiger partial charge in [-0.2, -0.15) is 0 Å². The summed E-state index contributed by atoms with van der Waals surface area (Å²) in [6.07, 6.45) is 12.4. The van der Waals surface area contributed by atoms with Crippen LogP contribution in [0.4, 0.5) is 5.69 Å². The molecule has 2 aliphatic rings. The quantitative estimate of drug-likeness (QED) is 0.714. The molecule has 2 heteroatoms. The molecule has 1 aliphatic carbocycles. The zero-order valence-electron chi connectivity index (χ0n) is 12.5. The Morgan fingerprint density at radius 1 is 1.29 bits per heavy atom. The van der Waals surface area contributed by atoms with Gasteiger partial charge in [-0.3, -0.25) is 0 Å². The maximum Gasteiger partial charge on any atom is 0.0420 e. The van der Waals surface area contributed by atoms with Crippen LogP contribution in [0, 0.1) is 5.92 Å². The van der Waals surface area contributed by atoms with Crippen LogP contribution in [0.15, 0.2) is 59.8 Å². The van der Waals surface area contributed by atoms with Gasteiger partial charge in [0.05, 0.1) is 0 Å². The van der Waals surface area contributed by atoms with E-state index in [2.05, 4.69) is 60.8 Å². The highest BCUT2D eigenvalue weighted by atomic mass is 35.5. The van der Waals surface area contributed by atoms with Crippen LogP contribution < -0.4 is 5.32 Å². The molecule has 110 valence electrons. The highest BCUT2D eigenvalue weighted by Gasteiger charge is 2.19. The summed E-state index contributed by atoms with van der Waals surface area (Å²) in [5.74, 6) is 1.66. The first-order chi connectivity index (χ1) is 10.3. The smallest absolute Gasteiger partial charge is 0.0420 e. The van der Waals surface area contributed by atoms with E-state index in [4.69, 9.17) is 11.6 Å². The van der Waals surface area contributed by atoms with E-state index in [1.54, 1.807) is 0 Å². The number of nitrogens with one attached hydrogen (secondary N) is 1. The molecule has 0 saturated heterocycles. The summed E-state index contributed by atoms with van der Waals surface area (Å²) in [7, 11) is 0. The van der Waals surface area contributed by atoms with Crippen LogP contribution in [0.5, 0.6) is 0 Å². The maximum atomic E-state index is 6.02. The lowest BCUT2D eigenvalue weighted by molar-refractivity contribution is 0.555. The van der Waals surface area contributed by atoms with E-state index >= 15 is 0 Å². The average molecular weight is 300 g/mol. The molecule has 0 radical (unpaired) electrons. The minimum atomic E-state index is 0.423. The number of hydrogen-bond acceptors (Lipinski definition) is 1. The Labute approximate surface area is 132 Å². The van der Waals surface area contributed by atoms with E-state index in [1.807, 2.05) is 0 Å². The van der Waals surface area contributed by atoms with Crippen molar-refractivity contribution >= 4 is 17.3 Å². The molecule has 0 fully saturated rings. The van der Waals surface area contributed by atoms with Crippen LogP contribution >= 0.6 is 11.6 Å². The molecular weight excluding hydrogens is 278 g/mol. The summed E-state index contributed by atoms with van der Waals surface area (Å²) in [5, 5.41) is 3.67. The summed E-state index contributed by atoms with van der Waals surface area (Å²) in [4.78, 5) is 0. The third kappa shape index (κ3) is 3.24. The fraction of sp³-hybridized carbons (Fsp3) is 0.368. The molecular formula is C19H22ClN. The van der Waals surface area contributed by atoms with Gasteiger partial charge >= 0.3 is 0 Å². The van der Waals surface area contributed by atoms with E-state index in [1.165, 1.54) is 22.5 Å². The van der Waals surface area contributed by atoms with Gasteiger partial charge < -0.3 is 5.32 Å². The van der Waals surface area contributed by atoms with Crippen molar-refractivity contribution in [2.75, 3.05) is 11.2 Å². The molecule has 1 aromatic rings. The van der Waals surface area contributed by atoms with E-state index in [0.717, 1.165) is 19.3 Å². The predicted molar refractivity (Wildman–Crippen MR) is 91.8 cm³/mol. The number of hydrogen-bond donors (Lipinski definition) is 1. The molecule has 2 atom stereocenters. The van der Waals surface area contributed by atoms with Crippen molar-refractivity contribution in [3.8, 4) is 0 Å². The van der Waals surface area contributed by atoms with E-state index in [-0.39, 0.29) is 0 Å². The van der Waals surface area contributed by atoms with Crippen molar-refractivity contribution in [1.29, 1.82) is 0 Å². The standard InChI is InChI=1S/C19H22ClN/c1-14(13-20)12-16-11-10-15-6-2-4-8-18(15)21-19-9-5-3-7-17(16)19/h2-3,5-7,9-11,14,16,21H,4,8,12-13H2,1H3. The third-order valence-corrected chi connectivity index (χ3v) is 4.81. The van der Waals surface area contributed by atoms with Crippen molar-refractivity contribution in [3.05, 3.63) is 65.4 Å². The molecule has 21 heavy (non-hydrogen) atoms. The van der Waals surface area contributed by atoms with E-state index in [9.17, 15) is 0 Å². The molecule has 0 amide bonds. The van der Waals surface area contributed by atoms with Gasteiger partial charge in [0.15, 0.2) is 0 Å². The maximum absolute atomic E-state index is 6.02. The number of anilines is 1. The minimum Gasteiger partial charge on any atom is -0.358 e. The van der Waals surface area contributed by atoms with Gasteiger partial charge in [-0.05, 0) is 42.4 Å². The Balaban J connectivity index is 2.00. The molecule has 0 spiro atoms. The number of para-hydroxylation sites is 1. The second-order valence-electron chi connectivity index (χ2n) is 6.05. The molecule has 1 N–H and O–H groups in total. The predicted octanol–water partition coefficient (Wildman–Crippen LogP) is 5.62. The molecule has 1 aliphatic heterocycles. The Morgan fingerprint density at radius 2 is 2.14 bits per heavy atom. The van der Waals surface area contributed by atoms with Crippen molar-refractivity contribution in [1.82, 2.24) is 0 Å². The van der Waals surface area contributed by atoms with Gasteiger partial charge in [-0.1, -0.05) is 49.4 Å². The minimum absolute atomic E-state index is 0.423. The first-order valence-corrected chi connectivity index (χ1v) is 8.31. The zero-order chi connectivity index (χ0) is 14.7. The van der Waals surface area contributed by atoms with E-state index < -0.39 is 0 Å². The van der Waals surface area contributed by atoms with Crippen molar-refractivity contribution in [3.63, 3.8) is 0 Å². The van der Waals surface area contributed by atoms with Crippen molar-refractivity contribution in [2.45, 2.75) is 32.1 Å². The average Bonchev–Trinajstić information content (AvgIpc) is 2.51. The summed E-state index contributed by atoms with van der Waals surface area (Å²) < 4.78 is 0. The number of alkyl halides is 1. The molecule has 1 nitrogen and oxygen atoms in total. The Hall–Kier alpha value is -1.47. The highest BCUT2D eigenvalue weighted by molar-refractivity contribution is 6.18.